The second-order valence-electron chi connectivity index (χ2n) is 7.24. The van der Waals surface area contributed by atoms with Gasteiger partial charge in [-0.3, -0.25) is 9.59 Å². The standard InChI is InChI=1S/C19H22N2O3/c22-17(4-2-13-1-3-16-14(11-13)5-8-20-16)21-9-6-19(7-10-21)12-15(19)18(23)24/h1,3,5,8,11,15,20H,2,4,6-7,9-10,12H2,(H,23,24)/t15-/m1/s1. The molecule has 5 nitrogen and oxygen atoms in total. The number of carbonyl (C=O) groups excluding carboxylic acids is 1. The molecule has 1 aromatic heterocycles. The van der Waals surface area contributed by atoms with E-state index in [4.69, 9.17) is 5.11 Å². The highest BCUT2D eigenvalue weighted by Crippen LogP contribution is 2.59. The number of aromatic amines is 1. The van der Waals surface area contributed by atoms with E-state index in [-0.39, 0.29) is 17.2 Å². The zero-order valence-corrected chi connectivity index (χ0v) is 13.6. The molecule has 24 heavy (non-hydrogen) atoms. The van der Waals surface area contributed by atoms with Crippen LogP contribution in [0.1, 0.15) is 31.2 Å². The third-order valence-electron chi connectivity index (χ3n) is 5.84. The van der Waals surface area contributed by atoms with Crippen LogP contribution in [-0.4, -0.2) is 40.0 Å². The largest absolute Gasteiger partial charge is 0.481 e. The third-order valence-corrected chi connectivity index (χ3v) is 5.84. The fourth-order valence-electron chi connectivity index (χ4n) is 4.12. The van der Waals surface area contributed by atoms with Gasteiger partial charge in [0.05, 0.1) is 5.92 Å². The van der Waals surface area contributed by atoms with E-state index in [0.29, 0.717) is 19.5 Å². The number of hydrogen-bond acceptors (Lipinski definition) is 2. The Labute approximate surface area is 140 Å². The molecule has 1 atom stereocenters. The second-order valence-corrected chi connectivity index (χ2v) is 7.24. The maximum atomic E-state index is 12.4. The first-order valence-electron chi connectivity index (χ1n) is 8.64. The molecule has 1 amide bonds. The molecule has 2 fully saturated rings. The van der Waals surface area contributed by atoms with Gasteiger partial charge in [-0.2, -0.15) is 0 Å². The number of likely N-dealkylation sites (tertiary alicyclic amines) is 1. The molecule has 0 unspecified atom stereocenters. The summed E-state index contributed by atoms with van der Waals surface area (Å²) in [5.74, 6) is -0.663. The Balaban J connectivity index is 1.30. The predicted octanol–water partition coefficient (Wildman–Crippen LogP) is 2.81. The zero-order chi connectivity index (χ0) is 16.7. The SMILES string of the molecule is O=C(O)[C@H]1CC12CCN(C(=O)CCc1ccc3[nH]ccc3c1)CC2. The number of aliphatic carboxylic acids is 1. The van der Waals surface area contributed by atoms with Crippen molar-refractivity contribution in [1.82, 2.24) is 9.88 Å². The van der Waals surface area contributed by atoms with Crippen LogP contribution in [0, 0.1) is 11.3 Å². The van der Waals surface area contributed by atoms with Crippen LogP contribution in [0.2, 0.25) is 0 Å². The van der Waals surface area contributed by atoms with Crippen LogP contribution in [0.3, 0.4) is 0 Å². The number of nitrogens with zero attached hydrogens (tertiary/aromatic N) is 1. The molecule has 2 heterocycles. The molecule has 126 valence electrons. The lowest BCUT2D eigenvalue weighted by Crippen LogP contribution is -2.40. The van der Waals surface area contributed by atoms with Crippen molar-refractivity contribution in [2.45, 2.75) is 32.1 Å². The highest BCUT2D eigenvalue weighted by atomic mass is 16.4. The minimum atomic E-state index is -0.671. The maximum Gasteiger partial charge on any atom is 0.307 e. The van der Waals surface area contributed by atoms with Crippen molar-refractivity contribution in [1.29, 1.82) is 0 Å². The Hall–Kier alpha value is -2.30. The number of carboxylic acid groups (broad SMARTS) is 1. The first-order chi connectivity index (χ1) is 11.6. The lowest BCUT2D eigenvalue weighted by Gasteiger charge is -2.32. The van der Waals surface area contributed by atoms with Crippen LogP contribution in [0.5, 0.6) is 0 Å². The number of aromatic nitrogens is 1. The van der Waals surface area contributed by atoms with Crippen molar-refractivity contribution >= 4 is 22.8 Å². The van der Waals surface area contributed by atoms with Crippen LogP contribution < -0.4 is 0 Å². The minimum Gasteiger partial charge on any atom is -0.481 e. The van der Waals surface area contributed by atoms with Gasteiger partial charge < -0.3 is 15.0 Å². The summed E-state index contributed by atoms with van der Waals surface area (Å²) in [5, 5.41) is 10.3. The quantitative estimate of drug-likeness (QED) is 0.907. The van der Waals surface area contributed by atoms with Gasteiger partial charge in [-0.25, -0.2) is 0 Å². The van der Waals surface area contributed by atoms with E-state index < -0.39 is 5.97 Å². The number of carboxylic acids is 1. The van der Waals surface area contributed by atoms with Gasteiger partial charge in [-0.15, -0.1) is 0 Å². The molecule has 1 spiro atoms. The van der Waals surface area contributed by atoms with Crippen molar-refractivity contribution in [3.8, 4) is 0 Å². The normalized spacial score (nSPS) is 22.0. The van der Waals surface area contributed by atoms with Crippen LogP contribution in [-0.2, 0) is 16.0 Å². The average Bonchev–Trinajstić information content (AvgIpc) is 3.08. The van der Waals surface area contributed by atoms with Gasteiger partial charge in [0.15, 0.2) is 0 Å². The summed E-state index contributed by atoms with van der Waals surface area (Å²) in [7, 11) is 0. The summed E-state index contributed by atoms with van der Waals surface area (Å²) in [6.07, 6.45) is 5.66. The number of H-pyrrole nitrogens is 1. The zero-order valence-electron chi connectivity index (χ0n) is 13.6. The van der Waals surface area contributed by atoms with Crippen LogP contribution in [0.15, 0.2) is 30.5 Å². The highest BCUT2D eigenvalue weighted by molar-refractivity contribution is 5.81. The molecule has 1 aliphatic heterocycles. The summed E-state index contributed by atoms with van der Waals surface area (Å²) >= 11 is 0. The van der Waals surface area contributed by atoms with E-state index in [1.54, 1.807) is 0 Å². The summed E-state index contributed by atoms with van der Waals surface area (Å²) in [4.78, 5) is 28.6. The van der Waals surface area contributed by atoms with E-state index in [2.05, 4.69) is 23.2 Å². The number of aryl methyl sites for hydroxylation is 1. The Kier molecular flexibility index (Phi) is 3.59. The van der Waals surface area contributed by atoms with Crippen molar-refractivity contribution in [2.24, 2.45) is 11.3 Å². The summed E-state index contributed by atoms with van der Waals surface area (Å²) in [5.41, 5.74) is 2.28. The number of rotatable bonds is 4. The van der Waals surface area contributed by atoms with Crippen LogP contribution >= 0.6 is 0 Å². The van der Waals surface area contributed by atoms with Crippen molar-refractivity contribution in [2.75, 3.05) is 13.1 Å². The number of piperidine rings is 1. The van der Waals surface area contributed by atoms with Crippen molar-refractivity contribution in [3.63, 3.8) is 0 Å². The lowest BCUT2D eigenvalue weighted by atomic mass is 9.90. The smallest absolute Gasteiger partial charge is 0.307 e. The summed E-state index contributed by atoms with van der Waals surface area (Å²) < 4.78 is 0. The second kappa shape index (κ2) is 5.65. The molecule has 5 heteroatoms. The topological polar surface area (TPSA) is 73.4 Å². The average molecular weight is 326 g/mol. The van der Waals surface area contributed by atoms with E-state index >= 15 is 0 Å². The van der Waals surface area contributed by atoms with Crippen LogP contribution in [0.25, 0.3) is 10.9 Å². The number of benzene rings is 1. The molecule has 2 N–H and O–H groups in total. The van der Waals surface area contributed by atoms with E-state index in [9.17, 15) is 9.59 Å². The maximum absolute atomic E-state index is 12.4. The van der Waals surface area contributed by atoms with Crippen LogP contribution in [0.4, 0.5) is 0 Å². The number of amides is 1. The Morgan fingerprint density at radius 3 is 2.75 bits per heavy atom. The Morgan fingerprint density at radius 1 is 1.25 bits per heavy atom. The minimum absolute atomic E-state index is 0.0120. The number of nitrogens with one attached hydrogen (secondary N) is 1. The molecule has 0 radical (unpaired) electrons. The van der Waals surface area contributed by atoms with Crippen molar-refractivity contribution in [3.05, 3.63) is 36.0 Å². The molecule has 2 aliphatic rings. The molecule has 1 saturated carbocycles. The Morgan fingerprint density at radius 2 is 2.04 bits per heavy atom. The first-order valence-corrected chi connectivity index (χ1v) is 8.64. The van der Waals surface area contributed by atoms with Gasteiger partial charge in [0, 0.05) is 31.2 Å². The van der Waals surface area contributed by atoms with Crippen molar-refractivity contribution < 1.29 is 14.7 Å². The first kappa shape index (κ1) is 15.2. The number of fused-ring (bicyclic) bond motifs is 1. The molecule has 2 aromatic rings. The molecule has 0 bridgehead atoms. The van der Waals surface area contributed by atoms with E-state index in [1.165, 1.54) is 10.9 Å². The monoisotopic (exact) mass is 326 g/mol. The van der Waals surface area contributed by atoms with Gasteiger partial charge in [0.1, 0.15) is 0 Å². The van der Waals surface area contributed by atoms with Gasteiger partial charge >= 0.3 is 5.97 Å². The number of carbonyl (C=O) groups is 2. The fourth-order valence-corrected chi connectivity index (χ4v) is 4.12. The predicted molar refractivity (Wildman–Crippen MR) is 90.6 cm³/mol. The van der Waals surface area contributed by atoms with E-state index in [0.717, 1.165) is 31.2 Å². The molecule has 4 rings (SSSR count). The lowest BCUT2D eigenvalue weighted by molar-refractivity contribution is -0.139. The summed E-state index contributed by atoms with van der Waals surface area (Å²) in [6.45, 7) is 1.42. The molecule has 1 aliphatic carbocycles. The fraction of sp³-hybridized carbons (Fsp3) is 0.474. The van der Waals surface area contributed by atoms with Gasteiger partial charge in [0.2, 0.25) is 5.91 Å². The summed E-state index contributed by atoms with van der Waals surface area (Å²) in [6, 6.07) is 8.29. The molecule has 1 aromatic carbocycles. The number of hydrogen-bond donors (Lipinski definition) is 2. The molecular formula is C19H22N2O3. The van der Waals surface area contributed by atoms with Gasteiger partial charge in [0.25, 0.3) is 0 Å². The van der Waals surface area contributed by atoms with Gasteiger partial charge in [-0.05, 0) is 60.2 Å². The molecular weight excluding hydrogens is 304 g/mol. The molecule has 1 saturated heterocycles. The van der Waals surface area contributed by atoms with E-state index in [1.807, 2.05) is 17.2 Å². The van der Waals surface area contributed by atoms with Gasteiger partial charge in [-0.1, -0.05) is 6.07 Å². The highest BCUT2D eigenvalue weighted by Gasteiger charge is 2.59. The Bertz CT molecular complexity index is 787. The third kappa shape index (κ3) is 2.68.